The maximum Gasteiger partial charge on any atom is 0.198 e. The number of aromatic hydroxyl groups is 1. The van der Waals surface area contributed by atoms with Crippen LogP contribution in [-0.4, -0.2) is 17.1 Å². The molecule has 0 atom stereocenters. The van der Waals surface area contributed by atoms with Crippen molar-refractivity contribution in [3.63, 3.8) is 0 Å². The van der Waals surface area contributed by atoms with Gasteiger partial charge >= 0.3 is 0 Å². The first-order valence-electron chi connectivity index (χ1n) is 5.13. The van der Waals surface area contributed by atoms with Crippen LogP contribution in [0.4, 0.5) is 0 Å². The summed E-state index contributed by atoms with van der Waals surface area (Å²) in [6, 6.07) is 7.04. The Kier molecular flexibility index (Phi) is 3.22. The predicted molar refractivity (Wildman–Crippen MR) is 60.2 cm³/mol. The summed E-state index contributed by atoms with van der Waals surface area (Å²) in [4.78, 5) is 4.33. The smallest absolute Gasteiger partial charge is 0.198 e. The van der Waals surface area contributed by atoms with Gasteiger partial charge in [0, 0.05) is 13.0 Å². The highest BCUT2D eigenvalue weighted by molar-refractivity contribution is 5.27. The number of hydrogen-bond acceptors (Lipinski definition) is 4. The van der Waals surface area contributed by atoms with Gasteiger partial charge in [0.2, 0.25) is 0 Å². The first-order chi connectivity index (χ1) is 7.78. The second-order valence-electron chi connectivity index (χ2n) is 3.61. The second kappa shape index (κ2) is 4.81. The highest BCUT2D eigenvalue weighted by Gasteiger charge is 2.04. The number of phenols is 1. The normalized spacial score (nSPS) is 10.6. The minimum absolute atomic E-state index is 0.270. The van der Waals surface area contributed by atoms with E-state index < -0.39 is 0 Å². The molecule has 2 N–H and O–H groups in total. The number of aromatic nitrogens is 1. The fourth-order valence-corrected chi connectivity index (χ4v) is 1.48. The van der Waals surface area contributed by atoms with E-state index in [1.807, 2.05) is 19.2 Å². The molecule has 0 aliphatic rings. The summed E-state index contributed by atoms with van der Waals surface area (Å²) in [6.45, 7) is 0.707. The van der Waals surface area contributed by atoms with Crippen LogP contribution < -0.4 is 5.32 Å². The fraction of sp³-hybridized carbons (Fsp3) is 0.250. The second-order valence-corrected chi connectivity index (χ2v) is 3.61. The topological polar surface area (TPSA) is 58.3 Å². The average Bonchev–Trinajstić information content (AvgIpc) is 2.70. The molecule has 0 amide bonds. The zero-order chi connectivity index (χ0) is 11.4. The van der Waals surface area contributed by atoms with Crippen LogP contribution in [0.1, 0.15) is 17.1 Å². The zero-order valence-electron chi connectivity index (χ0n) is 9.10. The van der Waals surface area contributed by atoms with Gasteiger partial charge in [0.05, 0.1) is 5.69 Å². The van der Waals surface area contributed by atoms with Crippen molar-refractivity contribution in [2.24, 2.45) is 0 Å². The Morgan fingerprint density at radius 1 is 1.31 bits per heavy atom. The third-order valence-corrected chi connectivity index (χ3v) is 2.25. The summed E-state index contributed by atoms with van der Waals surface area (Å²) in [5.74, 6) is 0.961. The first-order valence-corrected chi connectivity index (χ1v) is 5.13. The lowest BCUT2D eigenvalue weighted by atomic mass is 10.1. The number of phenolic OH excluding ortho intramolecular Hbond substituents is 1. The third kappa shape index (κ3) is 2.61. The van der Waals surface area contributed by atoms with E-state index in [1.54, 1.807) is 18.4 Å². The van der Waals surface area contributed by atoms with Crippen LogP contribution in [-0.2, 0) is 13.0 Å². The van der Waals surface area contributed by atoms with Gasteiger partial charge in [-0.15, -0.1) is 0 Å². The van der Waals surface area contributed by atoms with Crippen LogP contribution >= 0.6 is 0 Å². The van der Waals surface area contributed by atoms with Gasteiger partial charge in [-0.3, -0.25) is 0 Å². The molecule has 84 valence electrons. The average molecular weight is 218 g/mol. The van der Waals surface area contributed by atoms with Crippen molar-refractivity contribution >= 4 is 0 Å². The third-order valence-electron chi connectivity index (χ3n) is 2.25. The molecule has 0 saturated carbocycles. The molecule has 0 saturated heterocycles. The number of oxazole rings is 1. The van der Waals surface area contributed by atoms with Crippen molar-refractivity contribution in [1.82, 2.24) is 10.3 Å². The largest absolute Gasteiger partial charge is 0.508 e. The number of rotatable bonds is 4. The highest BCUT2D eigenvalue weighted by Crippen LogP contribution is 2.13. The van der Waals surface area contributed by atoms with Gasteiger partial charge in [-0.1, -0.05) is 12.1 Å². The molecule has 0 aliphatic carbocycles. The number of nitrogens with zero attached hydrogens (tertiary/aromatic N) is 1. The molecule has 0 bridgehead atoms. The summed E-state index contributed by atoms with van der Waals surface area (Å²) in [6.07, 6.45) is 2.30. The Hall–Kier alpha value is -1.81. The van der Waals surface area contributed by atoms with Gasteiger partial charge in [0.15, 0.2) is 5.89 Å². The molecule has 4 nitrogen and oxygen atoms in total. The lowest BCUT2D eigenvalue weighted by Gasteiger charge is -1.97. The van der Waals surface area contributed by atoms with Crippen LogP contribution in [0.5, 0.6) is 5.75 Å². The zero-order valence-corrected chi connectivity index (χ0v) is 9.10. The Morgan fingerprint density at radius 3 is 2.75 bits per heavy atom. The molecule has 0 aliphatic heterocycles. The predicted octanol–water partition coefficient (Wildman–Crippen LogP) is 1.69. The number of hydrogen-bond donors (Lipinski definition) is 2. The SMILES string of the molecule is CNCc1coc(Cc2ccc(O)cc2)n1. The van der Waals surface area contributed by atoms with Crippen molar-refractivity contribution in [3.05, 3.63) is 47.7 Å². The van der Waals surface area contributed by atoms with Gasteiger partial charge in [0.25, 0.3) is 0 Å². The molecular formula is C12H14N2O2. The van der Waals surface area contributed by atoms with Gasteiger partial charge < -0.3 is 14.8 Å². The van der Waals surface area contributed by atoms with Crippen LogP contribution in [0, 0.1) is 0 Å². The molecule has 1 heterocycles. The molecular weight excluding hydrogens is 204 g/mol. The van der Waals surface area contributed by atoms with E-state index >= 15 is 0 Å². The molecule has 0 radical (unpaired) electrons. The van der Waals surface area contributed by atoms with Crippen LogP contribution in [0.15, 0.2) is 34.9 Å². The van der Waals surface area contributed by atoms with Crippen molar-refractivity contribution in [3.8, 4) is 5.75 Å². The summed E-state index contributed by atoms with van der Waals surface area (Å²) in [7, 11) is 1.87. The minimum atomic E-state index is 0.270. The number of nitrogens with one attached hydrogen (secondary N) is 1. The molecule has 1 aromatic carbocycles. The van der Waals surface area contributed by atoms with Crippen molar-refractivity contribution < 1.29 is 9.52 Å². The highest BCUT2D eigenvalue weighted by atomic mass is 16.3. The monoisotopic (exact) mass is 218 g/mol. The Bertz CT molecular complexity index is 448. The lowest BCUT2D eigenvalue weighted by molar-refractivity contribution is 0.474. The van der Waals surface area contributed by atoms with Crippen molar-refractivity contribution in [2.75, 3.05) is 7.05 Å². The van der Waals surface area contributed by atoms with E-state index in [1.165, 1.54) is 0 Å². The molecule has 16 heavy (non-hydrogen) atoms. The van der Waals surface area contributed by atoms with E-state index in [4.69, 9.17) is 9.52 Å². The summed E-state index contributed by atoms with van der Waals surface area (Å²) < 4.78 is 5.34. The van der Waals surface area contributed by atoms with Gasteiger partial charge in [0.1, 0.15) is 12.0 Å². The lowest BCUT2D eigenvalue weighted by Crippen LogP contribution is -2.05. The molecule has 0 spiro atoms. The summed E-state index contributed by atoms with van der Waals surface area (Å²) in [5, 5.41) is 12.2. The Morgan fingerprint density at radius 2 is 2.06 bits per heavy atom. The number of benzene rings is 1. The van der Waals surface area contributed by atoms with Crippen LogP contribution in [0.25, 0.3) is 0 Å². The quantitative estimate of drug-likeness (QED) is 0.820. The molecule has 0 fully saturated rings. The van der Waals surface area contributed by atoms with E-state index in [0.717, 1.165) is 11.3 Å². The molecule has 2 aromatic rings. The summed E-state index contributed by atoms with van der Waals surface area (Å²) >= 11 is 0. The first kappa shape index (κ1) is 10.7. The van der Waals surface area contributed by atoms with E-state index in [0.29, 0.717) is 18.9 Å². The van der Waals surface area contributed by atoms with Gasteiger partial charge in [-0.25, -0.2) is 4.98 Å². The Balaban J connectivity index is 2.05. The van der Waals surface area contributed by atoms with E-state index in [9.17, 15) is 0 Å². The molecule has 1 aromatic heterocycles. The standard InChI is InChI=1S/C12H14N2O2/c1-13-7-10-8-16-12(14-10)6-9-2-4-11(15)5-3-9/h2-5,8,13,15H,6-7H2,1H3. The fourth-order valence-electron chi connectivity index (χ4n) is 1.48. The molecule has 0 unspecified atom stereocenters. The minimum Gasteiger partial charge on any atom is -0.508 e. The van der Waals surface area contributed by atoms with E-state index in [2.05, 4.69) is 10.3 Å². The van der Waals surface area contributed by atoms with Gasteiger partial charge in [-0.2, -0.15) is 0 Å². The maximum atomic E-state index is 9.15. The molecule has 4 heteroatoms. The Labute approximate surface area is 93.9 Å². The van der Waals surface area contributed by atoms with Crippen LogP contribution in [0.2, 0.25) is 0 Å². The maximum absolute atomic E-state index is 9.15. The van der Waals surface area contributed by atoms with Gasteiger partial charge in [-0.05, 0) is 24.7 Å². The van der Waals surface area contributed by atoms with Crippen LogP contribution in [0.3, 0.4) is 0 Å². The molecule has 2 rings (SSSR count). The van der Waals surface area contributed by atoms with Crippen molar-refractivity contribution in [1.29, 1.82) is 0 Å². The van der Waals surface area contributed by atoms with E-state index in [-0.39, 0.29) is 5.75 Å². The van der Waals surface area contributed by atoms with Crippen molar-refractivity contribution in [2.45, 2.75) is 13.0 Å². The summed E-state index contributed by atoms with van der Waals surface area (Å²) in [5.41, 5.74) is 1.96.